The van der Waals surface area contributed by atoms with Gasteiger partial charge in [0.2, 0.25) is 0 Å². The number of nitrogens with one attached hydrogen (secondary N) is 1. The molecule has 5 atom stereocenters. The van der Waals surface area contributed by atoms with E-state index in [9.17, 15) is 14.5 Å². The Morgan fingerprint density at radius 2 is 1.89 bits per heavy atom. The standard InChI is InChI=1S/C30H31N6O7P/c1-19(30(38)40-15-20-8-3-2-4-9-20)35-44(39,43-24-13-7-11-21-10-5-6-12-22(21)24)41-16-25-23(37)14-26(42-25)36-18-34-27-28(31)32-17-33-29(27)36/h2-13,17-19,23,25-26,37H,14-16H2,1H3,(H,35,39)(H2,31,32,33)/t19-,23+,25+,26+,44?/m0/s1. The predicted molar refractivity (Wildman–Crippen MR) is 161 cm³/mol. The lowest BCUT2D eigenvalue weighted by Crippen LogP contribution is -2.36. The van der Waals surface area contributed by atoms with Gasteiger partial charge < -0.3 is 24.8 Å². The molecule has 1 aliphatic heterocycles. The molecule has 0 aliphatic carbocycles. The number of imidazole rings is 1. The zero-order chi connectivity index (χ0) is 30.7. The molecule has 6 rings (SSSR count). The molecule has 1 unspecified atom stereocenters. The second kappa shape index (κ2) is 12.7. The summed E-state index contributed by atoms with van der Waals surface area (Å²) in [7, 11) is -4.25. The van der Waals surface area contributed by atoms with Crippen LogP contribution >= 0.6 is 7.75 Å². The molecular weight excluding hydrogens is 587 g/mol. The Hall–Kier alpha value is -4.39. The molecule has 228 valence electrons. The fourth-order valence-electron chi connectivity index (χ4n) is 4.93. The van der Waals surface area contributed by atoms with Crippen molar-refractivity contribution in [1.29, 1.82) is 0 Å². The van der Waals surface area contributed by atoms with E-state index in [4.69, 9.17) is 24.3 Å². The Morgan fingerprint density at radius 3 is 2.73 bits per heavy atom. The first-order chi connectivity index (χ1) is 21.3. The van der Waals surface area contributed by atoms with Crippen molar-refractivity contribution >= 4 is 41.5 Å². The third-order valence-electron chi connectivity index (χ3n) is 7.21. The Balaban J connectivity index is 1.19. The van der Waals surface area contributed by atoms with Gasteiger partial charge in [-0.25, -0.2) is 19.5 Å². The lowest BCUT2D eigenvalue weighted by Gasteiger charge is -2.25. The Morgan fingerprint density at radius 1 is 1.11 bits per heavy atom. The maximum Gasteiger partial charge on any atom is 0.459 e. The smallest absolute Gasteiger partial charge is 0.459 e. The Kier molecular flexibility index (Phi) is 8.56. The highest BCUT2D eigenvalue weighted by atomic mass is 31.2. The van der Waals surface area contributed by atoms with Crippen molar-refractivity contribution in [2.45, 2.75) is 44.4 Å². The fourth-order valence-corrected chi connectivity index (χ4v) is 6.45. The van der Waals surface area contributed by atoms with E-state index in [-0.39, 0.29) is 31.2 Å². The number of nitrogens with two attached hydrogens (primary N) is 1. The highest BCUT2D eigenvalue weighted by Crippen LogP contribution is 2.47. The van der Waals surface area contributed by atoms with Crippen molar-refractivity contribution in [2.24, 2.45) is 0 Å². The molecule has 0 saturated carbocycles. The lowest BCUT2D eigenvalue weighted by atomic mass is 10.1. The van der Waals surface area contributed by atoms with Gasteiger partial charge >= 0.3 is 13.7 Å². The molecule has 13 nitrogen and oxygen atoms in total. The zero-order valence-electron chi connectivity index (χ0n) is 23.7. The molecule has 5 aromatic rings. The van der Waals surface area contributed by atoms with Gasteiger partial charge in [-0.1, -0.05) is 66.7 Å². The number of aliphatic hydroxyl groups is 1. The molecule has 14 heteroatoms. The first-order valence-corrected chi connectivity index (χ1v) is 15.5. The van der Waals surface area contributed by atoms with Crippen LogP contribution in [0.15, 0.2) is 85.5 Å². The van der Waals surface area contributed by atoms with Crippen LogP contribution in [0, 0.1) is 0 Å². The zero-order valence-corrected chi connectivity index (χ0v) is 24.6. The second-order valence-corrected chi connectivity index (χ2v) is 12.0. The monoisotopic (exact) mass is 618 g/mol. The number of aromatic nitrogens is 4. The van der Waals surface area contributed by atoms with Crippen molar-refractivity contribution < 1.29 is 33.0 Å². The van der Waals surface area contributed by atoms with Gasteiger partial charge in [0.25, 0.3) is 0 Å². The summed E-state index contributed by atoms with van der Waals surface area (Å²) in [6.45, 7) is 1.23. The van der Waals surface area contributed by atoms with Crippen LogP contribution in [-0.2, 0) is 30.0 Å². The molecule has 2 aromatic heterocycles. The van der Waals surface area contributed by atoms with Gasteiger partial charge in [-0.05, 0) is 23.9 Å². The van der Waals surface area contributed by atoms with Crippen LogP contribution in [0.3, 0.4) is 0 Å². The van der Waals surface area contributed by atoms with Crippen LogP contribution < -0.4 is 15.3 Å². The minimum atomic E-state index is -4.25. The number of carbonyl (C=O) groups excluding carboxylic acids is 1. The molecule has 0 spiro atoms. The lowest BCUT2D eigenvalue weighted by molar-refractivity contribution is -0.146. The van der Waals surface area contributed by atoms with Crippen LogP contribution in [0.2, 0.25) is 0 Å². The number of rotatable bonds is 11. The third-order valence-corrected chi connectivity index (χ3v) is 8.84. The SMILES string of the molecule is C[C@H](NP(=O)(OC[C@H]1O[C@@H](n2cnc3c(N)ncnc32)C[C@H]1O)Oc1cccc2ccccc12)C(=O)OCc1ccccc1. The second-order valence-electron chi connectivity index (χ2n) is 10.3. The Bertz CT molecular complexity index is 1810. The quantitative estimate of drug-likeness (QED) is 0.143. The van der Waals surface area contributed by atoms with E-state index >= 15 is 0 Å². The Labute approximate surface area is 252 Å². The van der Waals surface area contributed by atoms with Gasteiger partial charge in [0.15, 0.2) is 11.5 Å². The minimum Gasteiger partial charge on any atom is -0.460 e. The molecule has 1 aliphatic rings. The molecular formula is C30H31N6O7P. The van der Waals surface area contributed by atoms with E-state index in [0.29, 0.717) is 16.6 Å². The average molecular weight is 619 g/mol. The molecule has 3 heterocycles. The normalized spacial score (nSPS) is 20.4. The number of esters is 1. The topological polar surface area (TPSA) is 173 Å². The average Bonchev–Trinajstić information content (AvgIpc) is 3.63. The summed E-state index contributed by atoms with van der Waals surface area (Å²) >= 11 is 0. The summed E-state index contributed by atoms with van der Waals surface area (Å²) in [6.07, 6.45) is 0.513. The van der Waals surface area contributed by atoms with Crippen LogP contribution in [0.4, 0.5) is 5.82 Å². The molecule has 44 heavy (non-hydrogen) atoms. The molecule has 0 bridgehead atoms. The van der Waals surface area contributed by atoms with E-state index in [1.54, 1.807) is 16.7 Å². The number of ether oxygens (including phenoxy) is 2. The van der Waals surface area contributed by atoms with E-state index in [1.807, 2.05) is 60.7 Å². The largest absolute Gasteiger partial charge is 0.460 e. The maximum absolute atomic E-state index is 14.3. The molecule has 3 aromatic carbocycles. The number of carbonyl (C=O) groups is 1. The molecule has 0 radical (unpaired) electrons. The summed E-state index contributed by atoms with van der Waals surface area (Å²) < 4.78 is 39.2. The number of aliphatic hydroxyl groups excluding tert-OH is 1. The molecule has 4 N–H and O–H groups in total. The van der Waals surface area contributed by atoms with Crippen LogP contribution in [0.1, 0.15) is 25.1 Å². The number of anilines is 1. The van der Waals surface area contributed by atoms with Gasteiger partial charge in [-0.2, -0.15) is 5.09 Å². The number of hydrogen-bond acceptors (Lipinski definition) is 11. The van der Waals surface area contributed by atoms with Gasteiger partial charge in [0.1, 0.15) is 42.6 Å². The van der Waals surface area contributed by atoms with E-state index in [0.717, 1.165) is 10.9 Å². The van der Waals surface area contributed by atoms with Gasteiger partial charge in [-0.15, -0.1) is 0 Å². The number of hydrogen-bond donors (Lipinski definition) is 3. The van der Waals surface area contributed by atoms with Crippen LogP contribution in [-0.4, -0.2) is 55.5 Å². The van der Waals surface area contributed by atoms with Crippen molar-refractivity contribution in [3.05, 3.63) is 91.0 Å². The fraction of sp³-hybridized carbons (Fsp3) is 0.267. The highest BCUT2D eigenvalue weighted by Gasteiger charge is 2.40. The third kappa shape index (κ3) is 6.42. The number of nitrogens with zero attached hydrogens (tertiary/aromatic N) is 4. The van der Waals surface area contributed by atoms with E-state index < -0.39 is 38.2 Å². The predicted octanol–water partition coefficient (Wildman–Crippen LogP) is 4.14. The number of benzene rings is 3. The number of fused-ring (bicyclic) bond motifs is 2. The van der Waals surface area contributed by atoms with E-state index in [1.165, 1.54) is 19.6 Å². The van der Waals surface area contributed by atoms with Gasteiger partial charge in [0, 0.05) is 11.8 Å². The summed E-state index contributed by atoms with van der Waals surface area (Å²) in [5.74, 6) is -0.137. The molecule has 0 amide bonds. The summed E-state index contributed by atoms with van der Waals surface area (Å²) in [6, 6.07) is 20.9. The minimum absolute atomic E-state index is 0.0457. The van der Waals surface area contributed by atoms with Crippen molar-refractivity contribution in [2.75, 3.05) is 12.3 Å². The summed E-state index contributed by atoms with van der Waals surface area (Å²) in [4.78, 5) is 25.3. The van der Waals surface area contributed by atoms with Crippen molar-refractivity contribution in [3.8, 4) is 5.75 Å². The number of nitrogen functional groups attached to an aromatic ring is 1. The van der Waals surface area contributed by atoms with Gasteiger partial charge in [-0.3, -0.25) is 13.9 Å². The molecule has 1 fully saturated rings. The van der Waals surface area contributed by atoms with Crippen LogP contribution in [0.25, 0.3) is 21.9 Å². The van der Waals surface area contributed by atoms with E-state index in [2.05, 4.69) is 20.0 Å². The van der Waals surface area contributed by atoms with Crippen molar-refractivity contribution in [3.63, 3.8) is 0 Å². The summed E-state index contributed by atoms with van der Waals surface area (Å²) in [5, 5.41) is 15.1. The van der Waals surface area contributed by atoms with Crippen molar-refractivity contribution in [1.82, 2.24) is 24.6 Å². The van der Waals surface area contributed by atoms with Gasteiger partial charge in [0.05, 0.1) is 19.0 Å². The highest BCUT2D eigenvalue weighted by molar-refractivity contribution is 7.52. The first kappa shape index (κ1) is 29.7. The first-order valence-electron chi connectivity index (χ1n) is 14.0. The molecule has 1 saturated heterocycles. The summed E-state index contributed by atoms with van der Waals surface area (Å²) in [5.41, 5.74) is 7.57. The van der Waals surface area contributed by atoms with Crippen LogP contribution in [0.5, 0.6) is 5.75 Å². The maximum atomic E-state index is 14.3.